The Kier molecular flexibility index (Phi) is 5.58. The van der Waals surface area contributed by atoms with Gasteiger partial charge in [-0.1, -0.05) is 12.1 Å². The SMILES string of the molecule is O=C(COC(=O)c1ccccc1F)Nc1ccc(OC(F)(F)F)cc1. The number of hydrogen-bond donors (Lipinski definition) is 1. The van der Waals surface area contributed by atoms with E-state index in [2.05, 4.69) is 14.8 Å². The van der Waals surface area contributed by atoms with Crippen LogP contribution in [0.1, 0.15) is 10.4 Å². The van der Waals surface area contributed by atoms with Gasteiger partial charge in [0.05, 0.1) is 5.56 Å². The molecule has 1 N–H and O–H groups in total. The number of carbonyl (C=O) groups is 2. The first-order valence-corrected chi connectivity index (χ1v) is 6.82. The average Bonchev–Trinajstić information content (AvgIpc) is 2.53. The molecule has 0 bridgehead atoms. The molecule has 132 valence electrons. The van der Waals surface area contributed by atoms with Crippen molar-refractivity contribution in [2.45, 2.75) is 6.36 Å². The molecule has 0 heterocycles. The molecule has 1 amide bonds. The minimum absolute atomic E-state index is 0.168. The summed E-state index contributed by atoms with van der Waals surface area (Å²) < 4.78 is 57.8. The summed E-state index contributed by atoms with van der Waals surface area (Å²) in [5.41, 5.74) is -0.148. The maximum atomic E-state index is 13.4. The van der Waals surface area contributed by atoms with Crippen molar-refractivity contribution in [1.82, 2.24) is 0 Å². The molecule has 0 fully saturated rings. The van der Waals surface area contributed by atoms with Gasteiger partial charge in [-0.2, -0.15) is 0 Å². The van der Waals surface area contributed by atoms with Crippen LogP contribution in [-0.2, 0) is 9.53 Å². The van der Waals surface area contributed by atoms with Gasteiger partial charge in [-0.15, -0.1) is 13.2 Å². The van der Waals surface area contributed by atoms with Gasteiger partial charge >= 0.3 is 12.3 Å². The summed E-state index contributed by atoms with van der Waals surface area (Å²) in [4.78, 5) is 23.3. The summed E-state index contributed by atoms with van der Waals surface area (Å²) in [5, 5.41) is 2.31. The molecular weight excluding hydrogens is 346 g/mol. The van der Waals surface area contributed by atoms with E-state index in [-0.39, 0.29) is 11.3 Å². The monoisotopic (exact) mass is 357 g/mol. The first-order chi connectivity index (χ1) is 11.7. The summed E-state index contributed by atoms with van der Waals surface area (Å²) in [7, 11) is 0. The van der Waals surface area contributed by atoms with Crippen molar-refractivity contribution in [3.63, 3.8) is 0 Å². The van der Waals surface area contributed by atoms with E-state index in [0.29, 0.717) is 0 Å². The number of halogens is 4. The molecule has 2 aromatic rings. The van der Waals surface area contributed by atoms with Gasteiger partial charge in [-0.3, -0.25) is 4.79 Å². The van der Waals surface area contributed by atoms with Gasteiger partial charge < -0.3 is 14.8 Å². The zero-order chi connectivity index (χ0) is 18.4. The molecule has 5 nitrogen and oxygen atoms in total. The maximum Gasteiger partial charge on any atom is 0.573 e. The van der Waals surface area contributed by atoms with Crippen LogP contribution < -0.4 is 10.1 Å². The van der Waals surface area contributed by atoms with Gasteiger partial charge in [0.15, 0.2) is 6.61 Å². The second-order valence-corrected chi connectivity index (χ2v) is 4.68. The number of carbonyl (C=O) groups excluding carboxylic acids is 2. The van der Waals surface area contributed by atoms with Crippen LogP contribution in [0.25, 0.3) is 0 Å². The van der Waals surface area contributed by atoms with Gasteiger partial charge in [0.25, 0.3) is 5.91 Å². The third-order valence-electron chi connectivity index (χ3n) is 2.80. The molecule has 0 aliphatic rings. The second-order valence-electron chi connectivity index (χ2n) is 4.68. The van der Waals surface area contributed by atoms with Crippen molar-refractivity contribution in [2.75, 3.05) is 11.9 Å². The minimum atomic E-state index is -4.81. The van der Waals surface area contributed by atoms with Crippen molar-refractivity contribution in [1.29, 1.82) is 0 Å². The van der Waals surface area contributed by atoms with Crippen molar-refractivity contribution in [3.05, 3.63) is 59.9 Å². The fourth-order valence-corrected chi connectivity index (χ4v) is 1.77. The van der Waals surface area contributed by atoms with Gasteiger partial charge in [-0.05, 0) is 36.4 Å². The summed E-state index contributed by atoms with van der Waals surface area (Å²) in [6.45, 7) is -0.687. The molecule has 0 unspecified atom stereocenters. The standard InChI is InChI=1S/C16H11F4NO4/c17-13-4-2-1-3-12(13)15(23)24-9-14(22)21-10-5-7-11(8-6-10)25-16(18,19)20/h1-8H,9H2,(H,21,22). The van der Waals surface area contributed by atoms with Crippen LogP contribution in [0.4, 0.5) is 23.2 Å². The number of benzene rings is 2. The molecule has 0 aliphatic heterocycles. The molecule has 0 saturated heterocycles. The van der Waals surface area contributed by atoms with Crippen LogP contribution in [0.2, 0.25) is 0 Å². The van der Waals surface area contributed by atoms with Crippen molar-refractivity contribution >= 4 is 17.6 Å². The number of hydrogen-bond acceptors (Lipinski definition) is 4. The first-order valence-electron chi connectivity index (χ1n) is 6.82. The highest BCUT2D eigenvalue weighted by Crippen LogP contribution is 2.23. The fourth-order valence-electron chi connectivity index (χ4n) is 1.77. The number of esters is 1. The lowest BCUT2D eigenvalue weighted by molar-refractivity contribution is -0.274. The van der Waals surface area contributed by atoms with Gasteiger partial charge in [-0.25, -0.2) is 9.18 Å². The zero-order valence-electron chi connectivity index (χ0n) is 12.5. The van der Waals surface area contributed by atoms with E-state index in [1.807, 2.05) is 0 Å². The van der Waals surface area contributed by atoms with E-state index in [1.165, 1.54) is 30.3 Å². The average molecular weight is 357 g/mol. The highest BCUT2D eigenvalue weighted by atomic mass is 19.4. The molecule has 25 heavy (non-hydrogen) atoms. The predicted octanol–water partition coefficient (Wildman–Crippen LogP) is 3.52. The normalized spacial score (nSPS) is 10.9. The molecular formula is C16H11F4NO4. The van der Waals surface area contributed by atoms with E-state index in [1.54, 1.807) is 0 Å². The van der Waals surface area contributed by atoms with Crippen LogP contribution in [-0.4, -0.2) is 24.8 Å². The van der Waals surface area contributed by atoms with Crippen LogP contribution in [0.3, 0.4) is 0 Å². The lowest BCUT2D eigenvalue weighted by Crippen LogP contribution is -2.21. The van der Waals surface area contributed by atoms with Gasteiger partial charge in [0.2, 0.25) is 0 Å². The Bertz CT molecular complexity index is 759. The van der Waals surface area contributed by atoms with E-state index >= 15 is 0 Å². The number of amides is 1. The van der Waals surface area contributed by atoms with Crippen LogP contribution in [0.15, 0.2) is 48.5 Å². The van der Waals surface area contributed by atoms with Crippen molar-refractivity contribution < 1.29 is 36.6 Å². The Morgan fingerprint density at radius 1 is 1.00 bits per heavy atom. The number of ether oxygens (including phenoxy) is 2. The van der Waals surface area contributed by atoms with Crippen LogP contribution in [0.5, 0.6) is 5.75 Å². The largest absolute Gasteiger partial charge is 0.573 e. The molecule has 9 heteroatoms. The van der Waals surface area contributed by atoms with E-state index in [9.17, 15) is 27.2 Å². The smallest absolute Gasteiger partial charge is 0.452 e. The van der Waals surface area contributed by atoms with Crippen molar-refractivity contribution in [2.24, 2.45) is 0 Å². The highest BCUT2D eigenvalue weighted by molar-refractivity contribution is 5.95. The molecule has 2 aromatic carbocycles. The lowest BCUT2D eigenvalue weighted by atomic mass is 10.2. The Balaban J connectivity index is 1.86. The van der Waals surface area contributed by atoms with E-state index < -0.39 is 36.4 Å². The van der Waals surface area contributed by atoms with E-state index in [4.69, 9.17) is 0 Å². The Labute approximate surface area is 139 Å². The lowest BCUT2D eigenvalue weighted by Gasteiger charge is -2.10. The molecule has 0 saturated carbocycles. The molecule has 0 aliphatic carbocycles. The van der Waals surface area contributed by atoms with Gasteiger partial charge in [0.1, 0.15) is 11.6 Å². The Morgan fingerprint density at radius 3 is 2.24 bits per heavy atom. The predicted molar refractivity (Wildman–Crippen MR) is 78.4 cm³/mol. The van der Waals surface area contributed by atoms with Crippen LogP contribution >= 0.6 is 0 Å². The molecule has 0 atom stereocenters. The summed E-state index contributed by atoms with van der Waals surface area (Å²) >= 11 is 0. The first kappa shape index (κ1) is 18.2. The third-order valence-corrected chi connectivity index (χ3v) is 2.80. The van der Waals surface area contributed by atoms with Crippen molar-refractivity contribution in [3.8, 4) is 5.75 Å². The maximum absolute atomic E-state index is 13.4. The highest BCUT2D eigenvalue weighted by Gasteiger charge is 2.30. The Hall–Kier alpha value is -3.10. The molecule has 0 spiro atoms. The van der Waals surface area contributed by atoms with Gasteiger partial charge in [0, 0.05) is 5.69 Å². The quantitative estimate of drug-likeness (QED) is 0.657. The molecule has 0 radical (unpaired) electrons. The van der Waals surface area contributed by atoms with E-state index in [0.717, 1.165) is 18.2 Å². The number of rotatable bonds is 5. The minimum Gasteiger partial charge on any atom is -0.452 e. The third kappa shape index (κ3) is 5.79. The summed E-state index contributed by atoms with van der Waals surface area (Å²) in [6, 6.07) is 9.48. The zero-order valence-corrected chi connectivity index (χ0v) is 12.5. The molecule has 2 rings (SSSR count). The number of alkyl halides is 3. The Morgan fingerprint density at radius 2 is 1.64 bits per heavy atom. The second kappa shape index (κ2) is 7.65. The summed E-state index contributed by atoms with van der Waals surface area (Å²) in [6.07, 6.45) is -4.81. The summed E-state index contributed by atoms with van der Waals surface area (Å²) in [5.74, 6) is -2.99. The topological polar surface area (TPSA) is 64.6 Å². The fraction of sp³-hybridized carbons (Fsp3) is 0.125. The number of nitrogens with one attached hydrogen (secondary N) is 1. The molecule has 0 aromatic heterocycles. The number of anilines is 1. The van der Waals surface area contributed by atoms with Crippen LogP contribution in [0, 0.1) is 5.82 Å².